The van der Waals surface area contributed by atoms with Gasteiger partial charge in [0.15, 0.2) is 5.75 Å². The van der Waals surface area contributed by atoms with E-state index < -0.39 is 14.9 Å². The minimum atomic E-state index is -3.91. The lowest BCUT2D eigenvalue weighted by molar-refractivity contribution is -0.386. The molecular weight excluding hydrogens is 422 g/mol. The van der Waals surface area contributed by atoms with Gasteiger partial charge in [-0.15, -0.1) is 0 Å². The van der Waals surface area contributed by atoms with Gasteiger partial charge in [-0.05, 0) is 51.3 Å². The molecule has 0 radical (unpaired) electrons. The quantitative estimate of drug-likeness (QED) is 0.332. The van der Waals surface area contributed by atoms with E-state index in [2.05, 4.69) is 9.93 Å². The van der Waals surface area contributed by atoms with Crippen molar-refractivity contribution in [3.8, 4) is 11.5 Å². The number of hydrogen-bond acceptors (Lipinski definition) is 7. The summed E-state index contributed by atoms with van der Waals surface area (Å²) in [4.78, 5) is 13.3. The van der Waals surface area contributed by atoms with Crippen molar-refractivity contribution >= 4 is 21.9 Å². The van der Waals surface area contributed by atoms with Crippen molar-refractivity contribution in [1.29, 1.82) is 0 Å². The number of nitro groups is 1. The lowest BCUT2D eigenvalue weighted by Gasteiger charge is -2.13. The predicted molar refractivity (Wildman–Crippen MR) is 119 cm³/mol. The molecule has 0 aromatic heterocycles. The summed E-state index contributed by atoms with van der Waals surface area (Å²) < 4.78 is 36.4. The molecule has 31 heavy (non-hydrogen) atoms. The number of ether oxygens (including phenoxy) is 2. The van der Waals surface area contributed by atoms with Crippen LogP contribution in [0, 0.1) is 30.9 Å². The average Bonchev–Trinajstić information content (AvgIpc) is 2.65. The lowest BCUT2D eigenvalue weighted by Crippen LogP contribution is -2.20. The number of nitrogens with one attached hydrogen (secondary N) is 1. The second kappa shape index (κ2) is 10.3. The van der Waals surface area contributed by atoms with Gasteiger partial charge in [0.1, 0.15) is 0 Å². The Morgan fingerprint density at radius 1 is 1.10 bits per heavy atom. The van der Waals surface area contributed by atoms with E-state index in [-0.39, 0.29) is 28.7 Å². The molecule has 168 valence electrons. The zero-order valence-electron chi connectivity index (χ0n) is 18.3. The summed E-state index contributed by atoms with van der Waals surface area (Å²) in [6.07, 6.45) is 1.86. The number of benzene rings is 2. The SMILES string of the molecule is CCCOc1c(OCC)cc(/C=N/NS(=O)(=O)c2c(C)cc(C)cc2C)cc1[N+](=O)[O-]. The van der Waals surface area contributed by atoms with E-state index >= 15 is 0 Å². The molecule has 2 rings (SSSR count). The third-order valence-corrected chi connectivity index (χ3v) is 5.79. The predicted octanol–water partition coefficient (Wildman–Crippen LogP) is 4.02. The first-order valence-electron chi connectivity index (χ1n) is 9.81. The van der Waals surface area contributed by atoms with Gasteiger partial charge in [0.05, 0.1) is 29.2 Å². The van der Waals surface area contributed by atoms with E-state index in [1.54, 1.807) is 32.9 Å². The van der Waals surface area contributed by atoms with E-state index in [1.165, 1.54) is 18.3 Å². The van der Waals surface area contributed by atoms with Crippen molar-refractivity contribution in [3.05, 3.63) is 56.6 Å². The second-order valence-corrected chi connectivity index (χ2v) is 8.58. The van der Waals surface area contributed by atoms with Gasteiger partial charge in [0.2, 0.25) is 5.75 Å². The van der Waals surface area contributed by atoms with E-state index in [4.69, 9.17) is 9.47 Å². The van der Waals surface area contributed by atoms with Crippen molar-refractivity contribution in [2.24, 2.45) is 5.10 Å². The van der Waals surface area contributed by atoms with Crippen LogP contribution in [0.15, 0.2) is 34.3 Å². The Hall–Kier alpha value is -3.14. The molecule has 0 aliphatic rings. The molecule has 2 aromatic carbocycles. The monoisotopic (exact) mass is 449 g/mol. The van der Waals surface area contributed by atoms with Crippen molar-refractivity contribution in [3.63, 3.8) is 0 Å². The summed E-state index contributed by atoms with van der Waals surface area (Å²) in [5.41, 5.74) is 2.17. The molecule has 0 amide bonds. The second-order valence-electron chi connectivity index (χ2n) is 6.99. The molecule has 0 saturated carbocycles. The standard InChI is InChI=1S/C21H27N3O6S/c1-6-8-30-20-18(24(25)26)11-17(12-19(20)29-7-2)13-22-23-31(27,28)21-15(4)9-14(3)10-16(21)5/h9-13,23H,6-8H2,1-5H3/b22-13+. The van der Waals surface area contributed by atoms with Crippen LogP contribution < -0.4 is 14.3 Å². The van der Waals surface area contributed by atoms with Crippen LogP contribution in [0.3, 0.4) is 0 Å². The van der Waals surface area contributed by atoms with Gasteiger partial charge < -0.3 is 9.47 Å². The van der Waals surface area contributed by atoms with E-state index in [0.717, 1.165) is 5.56 Å². The molecule has 0 atom stereocenters. The Balaban J connectivity index is 2.38. The lowest BCUT2D eigenvalue weighted by atomic mass is 10.1. The van der Waals surface area contributed by atoms with Crippen LogP contribution in [0.2, 0.25) is 0 Å². The molecule has 0 bridgehead atoms. The molecule has 10 heteroatoms. The first-order chi connectivity index (χ1) is 14.6. The van der Waals surface area contributed by atoms with Crippen molar-refractivity contribution in [2.75, 3.05) is 13.2 Å². The number of rotatable bonds is 10. The number of nitro benzene ring substituents is 1. The number of aryl methyl sites for hydroxylation is 3. The number of sulfonamides is 1. The van der Waals surface area contributed by atoms with Gasteiger partial charge in [-0.1, -0.05) is 24.6 Å². The normalized spacial score (nSPS) is 11.5. The highest BCUT2D eigenvalue weighted by Crippen LogP contribution is 2.38. The van der Waals surface area contributed by atoms with Crippen LogP contribution in [0.25, 0.3) is 0 Å². The van der Waals surface area contributed by atoms with E-state index in [0.29, 0.717) is 29.7 Å². The van der Waals surface area contributed by atoms with E-state index in [9.17, 15) is 18.5 Å². The van der Waals surface area contributed by atoms with Crippen LogP contribution in [-0.4, -0.2) is 32.8 Å². The van der Waals surface area contributed by atoms with Crippen molar-refractivity contribution < 1.29 is 22.8 Å². The minimum absolute atomic E-state index is 0.0392. The van der Waals surface area contributed by atoms with Crippen LogP contribution in [-0.2, 0) is 10.0 Å². The van der Waals surface area contributed by atoms with Crippen LogP contribution in [0.4, 0.5) is 5.69 Å². The van der Waals surface area contributed by atoms with Gasteiger partial charge in [-0.25, -0.2) is 4.83 Å². The maximum Gasteiger partial charge on any atom is 0.315 e. The highest BCUT2D eigenvalue weighted by atomic mass is 32.2. The maximum absolute atomic E-state index is 12.7. The van der Waals surface area contributed by atoms with Gasteiger partial charge in [0, 0.05) is 11.6 Å². The Morgan fingerprint density at radius 2 is 1.74 bits per heavy atom. The molecule has 0 aliphatic carbocycles. The third-order valence-electron chi connectivity index (χ3n) is 4.26. The maximum atomic E-state index is 12.7. The molecule has 0 spiro atoms. The highest BCUT2D eigenvalue weighted by Gasteiger charge is 2.23. The highest BCUT2D eigenvalue weighted by molar-refractivity contribution is 7.89. The summed E-state index contributed by atoms with van der Waals surface area (Å²) in [5.74, 6) is 0.233. The zero-order valence-corrected chi connectivity index (χ0v) is 19.1. The fourth-order valence-electron chi connectivity index (χ4n) is 3.24. The largest absolute Gasteiger partial charge is 0.490 e. The summed E-state index contributed by atoms with van der Waals surface area (Å²) in [5, 5.41) is 15.3. The first-order valence-corrected chi connectivity index (χ1v) is 11.3. The summed E-state index contributed by atoms with van der Waals surface area (Å²) in [6.45, 7) is 9.52. The summed E-state index contributed by atoms with van der Waals surface area (Å²) >= 11 is 0. The average molecular weight is 450 g/mol. The zero-order chi connectivity index (χ0) is 23.2. The molecule has 1 N–H and O–H groups in total. The third kappa shape index (κ3) is 5.94. The Bertz CT molecular complexity index is 1070. The fraction of sp³-hybridized carbons (Fsp3) is 0.381. The van der Waals surface area contributed by atoms with Gasteiger partial charge >= 0.3 is 5.69 Å². The molecule has 0 heterocycles. The van der Waals surface area contributed by atoms with Crippen LogP contribution >= 0.6 is 0 Å². The van der Waals surface area contributed by atoms with Gasteiger partial charge in [-0.3, -0.25) is 10.1 Å². The molecule has 0 fully saturated rings. The van der Waals surface area contributed by atoms with Crippen molar-refractivity contribution in [1.82, 2.24) is 4.83 Å². The topological polar surface area (TPSA) is 120 Å². The first kappa shape index (κ1) is 24.1. The molecule has 0 saturated heterocycles. The molecule has 9 nitrogen and oxygen atoms in total. The smallest absolute Gasteiger partial charge is 0.315 e. The van der Waals surface area contributed by atoms with Gasteiger partial charge in [0.25, 0.3) is 10.0 Å². The Kier molecular flexibility index (Phi) is 7.98. The molecule has 0 unspecified atom stereocenters. The van der Waals surface area contributed by atoms with Crippen LogP contribution in [0.1, 0.15) is 42.5 Å². The molecule has 2 aromatic rings. The Labute approximate surface area is 182 Å². The fourth-order valence-corrected chi connectivity index (χ4v) is 4.49. The number of hydrogen-bond donors (Lipinski definition) is 1. The summed E-state index contributed by atoms with van der Waals surface area (Å²) in [6, 6.07) is 6.32. The molecule has 0 aliphatic heterocycles. The molecular formula is C21H27N3O6S. The Morgan fingerprint density at radius 3 is 2.29 bits per heavy atom. The number of nitrogens with zero attached hydrogens (tertiary/aromatic N) is 2. The summed E-state index contributed by atoms with van der Waals surface area (Å²) in [7, 11) is -3.91. The number of hydrazone groups is 1. The van der Waals surface area contributed by atoms with Crippen LogP contribution in [0.5, 0.6) is 11.5 Å². The van der Waals surface area contributed by atoms with Gasteiger partial charge in [-0.2, -0.15) is 13.5 Å². The van der Waals surface area contributed by atoms with E-state index in [1.807, 2.05) is 13.8 Å². The van der Waals surface area contributed by atoms with Crippen molar-refractivity contribution in [2.45, 2.75) is 45.9 Å². The minimum Gasteiger partial charge on any atom is -0.490 e.